The maximum atomic E-state index is 13.2. The van der Waals surface area contributed by atoms with Crippen molar-refractivity contribution in [2.45, 2.75) is 12.5 Å². The fourth-order valence-corrected chi connectivity index (χ4v) is 2.90. The van der Waals surface area contributed by atoms with Crippen molar-refractivity contribution in [2.24, 2.45) is 0 Å². The number of hydrogen-bond donors (Lipinski definition) is 0. The number of nitrogens with zero attached hydrogens (tertiary/aromatic N) is 3. The van der Waals surface area contributed by atoms with E-state index in [1.807, 2.05) is 23.1 Å². The molecular weight excluding hydrogens is 316 g/mol. The van der Waals surface area contributed by atoms with Crippen LogP contribution in [-0.4, -0.2) is 29.7 Å². The zero-order valence-electron chi connectivity index (χ0n) is 12.7. The summed E-state index contributed by atoms with van der Waals surface area (Å²) >= 11 is 0. The normalized spacial score (nSPS) is 18.5. The molecule has 3 aromatic rings. The van der Waals surface area contributed by atoms with E-state index in [0.29, 0.717) is 36.8 Å². The Balaban J connectivity index is 1.74. The van der Waals surface area contributed by atoms with E-state index in [1.165, 1.54) is 0 Å². The van der Waals surface area contributed by atoms with Crippen LogP contribution >= 0.6 is 0 Å². The monoisotopic (exact) mass is 331 g/mol. The van der Waals surface area contributed by atoms with Crippen molar-refractivity contribution in [3.63, 3.8) is 0 Å². The van der Waals surface area contributed by atoms with Crippen molar-refractivity contribution in [3.8, 4) is 0 Å². The van der Waals surface area contributed by atoms with Gasteiger partial charge in [-0.25, -0.2) is 18.7 Å². The predicted molar refractivity (Wildman–Crippen MR) is 84.1 cm³/mol. The van der Waals surface area contributed by atoms with Crippen molar-refractivity contribution < 1.29 is 17.9 Å². The Labute approximate surface area is 136 Å². The molecule has 1 saturated heterocycles. The standard InChI is InChI=1S/C17H15F2N3O2/c18-15(19)16-20-12-5-2-1-4-11(12)17(21-16)22-7-9-24-14(10-22)13-6-3-8-23-13/h1-6,8,14-15H,7,9-10H2. The molecule has 0 aliphatic carbocycles. The lowest BCUT2D eigenvalue weighted by Crippen LogP contribution is -2.39. The highest BCUT2D eigenvalue weighted by atomic mass is 19.3. The Morgan fingerprint density at radius 2 is 2.00 bits per heavy atom. The third kappa shape index (κ3) is 2.71. The average molecular weight is 331 g/mol. The summed E-state index contributed by atoms with van der Waals surface area (Å²) in [4.78, 5) is 10.0. The number of aromatic nitrogens is 2. The molecule has 124 valence electrons. The zero-order valence-corrected chi connectivity index (χ0v) is 12.7. The number of halogens is 2. The number of alkyl halides is 2. The molecule has 0 N–H and O–H groups in total. The van der Waals surface area contributed by atoms with Crippen LogP contribution in [0.5, 0.6) is 0 Å². The summed E-state index contributed by atoms with van der Waals surface area (Å²) in [5.74, 6) is 0.771. The SMILES string of the molecule is FC(F)c1nc(N2CCOC(c3ccco3)C2)c2ccccc2n1. The van der Waals surface area contributed by atoms with E-state index in [1.54, 1.807) is 24.5 Å². The van der Waals surface area contributed by atoms with E-state index in [0.717, 1.165) is 5.39 Å². The number of para-hydroxylation sites is 1. The van der Waals surface area contributed by atoms with Gasteiger partial charge in [0.25, 0.3) is 6.43 Å². The van der Waals surface area contributed by atoms with Crippen molar-refractivity contribution >= 4 is 16.7 Å². The van der Waals surface area contributed by atoms with Crippen LogP contribution in [0.3, 0.4) is 0 Å². The zero-order chi connectivity index (χ0) is 16.5. The number of fused-ring (bicyclic) bond motifs is 1. The molecule has 2 aromatic heterocycles. The fraction of sp³-hybridized carbons (Fsp3) is 0.294. The molecule has 24 heavy (non-hydrogen) atoms. The van der Waals surface area contributed by atoms with Crippen molar-refractivity contribution in [3.05, 3.63) is 54.2 Å². The lowest BCUT2D eigenvalue weighted by molar-refractivity contribution is 0.0255. The number of benzene rings is 1. The second kappa shape index (κ2) is 6.16. The van der Waals surface area contributed by atoms with Gasteiger partial charge in [-0.05, 0) is 24.3 Å². The minimum Gasteiger partial charge on any atom is -0.467 e. The second-order valence-electron chi connectivity index (χ2n) is 5.54. The molecule has 1 aromatic carbocycles. The van der Waals surface area contributed by atoms with E-state index >= 15 is 0 Å². The second-order valence-corrected chi connectivity index (χ2v) is 5.54. The van der Waals surface area contributed by atoms with Gasteiger partial charge in [0.1, 0.15) is 17.7 Å². The molecule has 3 heterocycles. The molecule has 1 aliphatic rings. The van der Waals surface area contributed by atoms with Gasteiger partial charge in [-0.1, -0.05) is 12.1 Å². The predicted octanol–water partition coefficient (Wildman–Crippen LogP) is 3.74. The summed E-state index contributed by atoms with van der Waals surface area (Å²) in [6.45, 7) is 1.52. The summed E-state index contributed by atoms with van der Waals surface area (Å²) in [6.07, 6.45) is -1.38. The maximum Gasteiger partial charge on any atom is 0.297 e. The molecule has 0 bridgehead atoms. The van der Waals surface area contributed by atoms with Crippen LogP contribution in [0.2, 0.25) is 0 Å². The first kappa shape index (κ1) is 15.0. The smallest absolute Gasteiger partial charge is 0.297 e. The van der Waals surface area contributed by atoms with Crippen LogP contribution < -0.4 is 4.90 Å². The van der Waals surface area contributed by atoms with Crippen LogP contribution in [0.1, 0.15) is 24.1 Å². The first-order valence-corrected chi connectivity index (χ1v) is 7.67. The van der Waals surface area contributed by atoms with Gasteiger partial charge in [0, 0.05) is 11.9 Å². The Hall–Kier alpha value is -2.54. The number of rotatable bonds is 3. The van der Waals surface area contributed by atoms with Gasteiger partial charge >= 0.3 is 0 Å². The van der Waals surface area contributed by atoms with Gasteiger partial charge in [-0.15, -0.1) is 0 Å². The summed E-state index contributed by atoms with van der Waals surface area (Å²) in [5.41, 5.74) is 0.513. The van der Waals surface area contributed by atoms with Crippen LogP contribution in [-0.2, 0) is 4.74 Å². The molecule has 1 aliphatic heterocycles. The van der Waals surface area contributed by atoms with Crippen LogP contribution in [0.25, 0.3) is 10.9 Å². The van der Waals surface area contributed by atoms with E-state index in [-0.39, 0.29) is 6.10 Å². The molecule has 5 nitrogen and oxygen atoms in total. The number of ether oxygens (including phenoxy) is 1. The quantitative estimate of drug-likeness (QED) is 0.732. The Bertz CT molecular complexity index is 839. The first-order valence-electron chi connectivity index (χ1n) is 7.67. The van der Waals surface area contributed by atoms with Crippen molar-refractivity contribution in [1.82, 2.24) is 9.97 Å². The molecule has 1 atom stereocenters. The van der Waals surface area contributed by atoms with Crippen LogP contribution in [0, 0.1) is 0 Å². The molecule has 1 fully saturated rings. The molecule has 0 spiro atoms. The summed E-state index contributed by atoms with van der Waals surface area (Å²) < 4.78 is 37.5. The highest BCUT2D eigenvalue weighted by Crippen LogP contribution is 2.31. The van der Waals surface area contributed by atoms with E-state index < -0.39 is 12.2 Å². The highest BCUT2D eigenvalue weighted by Gasteiger charge is 2.27. The minimum absolute atomic E-state index is 0.252. The van der Waals surface area contributed by atoms with Crippen molar-refractivity contribution in [2.75, 3.05) is 24.6 Å². The van der Waals surface area contributed by atoms with Crippen LogP contribution in [0.15, 0.2) is 47.1 Å². The maximum absolute atomic E-state index is 13.2. The third-order valence-corrected chi connectivity index (χ3v) is 4.02. The Morgan fingerprint density at radius 3 is 2.79 bits per heavy atom. The number of anilines is 1. The molecular formula is C17H15F2N3O2. The number of morpholine rings is 1. The molecule has 0 radical (unpaired) electrons. The average Bonchev–Trinajstić information content (AvgIpc) is 3.15. The van der Waals surface area contributed by atoms with E-state index in [4.69, 9.17) is 9.15 Å². The van der Waals surface area contributed by atoms with Gasteiger partial charge in [0.05, 0.1) is 24.9 Å². The van der Waals surface area contributed by atoms with Gasteiger partial charge in [0.15, 0.2) is 5.82 Å². The summed E-state index contributed by atoms with van der Waals surface area (Å²) in [7, 11) is 0. The summed E-state index contributed by atoms with van der Waals surface area (Å²) in [6, 6.07) is 10.8. The number of hydrogen-bond acceptors (Lipinski definition) is 5. The minimum atomic E-state index is -2.71. The molecule has 0 amide bonds. The molecule has 4 rings (SSSR count). The lowest BCUT2D eigenvalue weighted by Gasteiger charge is -2.33. The van der Waals surface area contributed by atoms with E-state index in [2.05, 4.69) is 9.97 Å². The first-order chi connectivity index (χ1) is 11.7. The number of furan rings is 1. The van der Waals surface area contributed by atoms with Crippen molar-refractivity contribution in [1.29, 1.82) is 0 Å². The highest BCUT2D eigenvalue weighted by molar-refractivity contribution is 5.89. The topological polar surface area (TPSA) is 51.4 Å². The van der Waals surface area contributed by atoms with E-state index in [9.17, 15) is 8.78 Å². The van der Waals surface area contributed by atoms with Crippen LogP contribution in [0.4, 0.5) is 14.6 Å². The molecule has 1 unspecified atom stereocenters. The molecule has 0 saturated carbocycles. The lowest BCUT2D eigenvalue weighted by atomic mass is 10.2. The third-order valence-electron chi connectivity index (χ3n) is 4.02. The fourth-order valence-electron chi connectivity index (χ4n) is 2.90. The summed E-state index contributed by atoms with van der Waals surface area (Å²) in [5, 5.41) is 0.752. The van der Waals surface area contributed by atoms with Gasteiger partial charge in [-0.2, -0.15) is 0 Å². The molecule has 7 heteroatoms. The van der Waals surface area contributed by atoms with Gasteiger partial charge in [0.2, 0.25) is 0 Å². The largest absolute Gasteiger partial charge is 0.467 e. The van der Waals surface area contributed by atoms with Gasteiger partial charge in [-0.3, -0.25) is 0 Å². The van der Waals surface area contributed by atoms with Gasteiger partial charge < -0.3 is 14.1 Å². The Morgan fingerprint density at radius 1 is 1.12 bits per heavy atom. The Kier molecular flexibility index (Phi) is 3.86.